The van der Waals surface area contributed by atoms with Crippen LogP contribution in [0.15, 0.2) is 90.8 Å². The first-order chi connectivity index (χ1) is 49.8. The molecule has 3 aliphatic heterocycles. The van der Waals surface area contributed by atoms with Crippen LogP contribution in [-0.4, -0.2) is 251 Å². The van der Waals surface area contributed by atoms with Gasteiger partial charge < -0.3 is 86.4 Å². The number of nitrogens with zero attached hydrogens (tertiary/aromatic N) is 6. The van der Waals surface area contributed by atoms with Crippen molar-refractivity contribution in [2.24, 2.45) is 5.92 Å². The predicted octanol–water partition coefficient (Wildman–Crippen LogP) is 9.62. The molecule has 102 heavy (non-hydrogen) atoms. The first kappa shape index (κ1) is 79.5. The number of amides is 1. The number of ether oxygens (including phenoxy) is 15. The second kappa shape index (κ2) is 43.6. The van der Waals surface area contributed by atoms with E-state index in [1.54, 1.807) is 37.6 Å². The lowest BCUT2D eigenvalue weighted by Gasteiger charge is -2.35. The molecule has 4 aliphatic rings. The van der Waals surface area contributed by atoms with E-state index in [-0.39, 0.29) is 60.9 Å². The highest BCUT2D eigenvalue weighted by Gasteiger charge is 2.35. The molecule has 0 saturated carbocycles. The first-order valence-electron chi connectivity index (χ1n) is 34.4. The van der Waals surface area contributed by atoms with Gasteiger partial charge in [-0.15, -0.1) is 11.3 Å². The lowest BCUT2D eigenvalue weighted by atomic mass is 9.91. The van der Waals surface area contributed by atoms with Crippen molar-refractivity contribution in [3.05, 3.63) is 129 Å². The number of allylic oxidation sites excluding steroid dienone is 4. The lowest BCUT2D eigenvalue weighted by molar-refractivity contribution is -0.146. The normalized spacial score (nSPS) is 16.6. The van der Waals surface area contributed by atoms with E-state index < -0.39 is 29.9 Å². The molecule has 29 heteroatoms. The summed E-state index contributed by atoms with van der Waals surface area (Å²) in [5, 5.41) is 15.0. The molecule has 1 saturated heterocycles. The number of rotatable bonds is 43. The lowest BCUT2D eigenvalue weighted by Crippen LogP contribution is -2.48. The van der Waals surface area contributed by atoms with Crippen LogP contribution in [0.5, 0.6) is 11.6 Å². The van der Waals surface area contributed by atoms with Crippen LogP contribution in [0.4, 0.5) is 4.39 Å². The number of hydrogen-bond acceptors (Lipinski definition) is 24. The Kier molecular flexibility index (Phi) is 34.0. The minimum atomic E-state index is -1.44. The Morgan fingerprint density at radius 2 is 1.22 bits per heavy atom. The van der Waals surface area contributed by atoms with Crippen LogP contribution in [0.25, 0.3) is 43.2 Å². The third kappa shape index (κ3) is 25.3. The van der Waals surface area contributed by atoms with Crippen molar-refractivity contribution < 1.29 is 90.1 Å². The molecule has 10 rings (SSSR count). The summed E-state index contributed by atoms with van der Waals surface area (Å²) >= 11 is 16.1. The summed E-state index contributed by atoms with van der Waals surface area (Å²) in [4.78, 5) is 50.7. The molecule has 1 unspecified atom stereocenters. The number of carbonyl (C=O) groups is 2. The number of carbonyl (C=O) groups excluding carboxylic acids is 1. The average molecular weight is 1480 g/mol. The van der Waals surface area contributed by atoms with Gasteiger partial charge in [0.1, 0.15) is 42.1 Å². The number of nitrogens with one attached hydrogen (secondary N) is 1. The number of hydrogen-bond donors (Lipinski definition) is 2. The van der Waals surface area contributed by atoms with Crippen molar-refractivity contribution in [1.29, 1.82) is 0 Å². The summed E-state index contributed by atoms with van der Waals surface area (Å²) in [6.07, 6.45) is 5.03. The number of aromatic nitrogens is 4. The van der Waals surface area contributed by atoms with E-state index in [1.165, 1.54) is 29.8 Å². The van der Waals surface area contributed by atoms with E-state index >= 15 is 0 Å². The maximum absolute atomic E-state index is 14.5. The maximum atomic E-state index is 14.5. The maximum Gasteiger partial charge on any atom is 0.344 e. The zero-order chi connectivity index (χ0) is 71.7. The van der Waals surface area contributed by atoms with E-state index in [9.17, 15) is 19.1 Å². The van der Waals surface area contributed by atoms with E-state index in [0.717, 1.165) is 37.3 Å². The Morgan fingerprint density at radius 1 is 0.667 bits per heavy atom. The number of thiophene rings is 1. The molecule has 0 radical (unpaired) electrons. The SMILES string of the molecule is COCCOCCOCCOCCOCCOCCOCCOCCOCCOCCOCCC(=O)NCc1ccc(-c2nccc(COC3=CC=C4CC3C[C@H](C(=O)O)Oc3ncnc5sc(-c6ccc(F)cc6)c(c35)-c3c(C)c(Cl)c(c(Cl)c3C)O[C@H](CN3CCN(C)CC3)CO4)n2)cc1. The highest BCUT2D eigenvalue weighted by Crippen LogP contribution is 2.53. The van der Waals surface area contributed by atoms with Crippen LogP contribution < -0.4 is 14.8 Å². The molecule has 1 fully saturated rings. The highest BCUT2D eigenvalue weighted by atomic mass is 35.5. The van der Waals surface area contributed by atoms with Crippen LogP contribution in [0.2, 0.25) is 10.0 Å². The van der Waals surface area contributed by atoms with Crippen molar-refractivity contribution in [3.63, 3.8) is 0 Å². The van der Waals surface area contributed by atoms with Gasteiger partial charge in [-0.1, -0.05) is 59.6 Å². The smallest absolute Gasteiger partial charge is 0.344 e. The molecule has 3 aromatic carbocycles. The van der Waals surface area contributed by atoms with Gasteiger partial charge in [0.15, 0.2) is 17.7 Å². The molecular formula is C73H94Cl2FN7O18S. The number of benzene rings is 3. The number of piperazine rings is 1. The summed E-state index contributed by atoms with van der Waals surface area (Å²) < 4.78 is 101. The van der Waals surface area contributed by atoms with Gasteiger partial charge in [0, 0.05) is 93.8 Å². The first-order valence-corrected chi connectivity index (χ1v) is 36.0. The molecular weight excluding hydrogens is 1380 g/mol. The minimum Gasteiger partial charge on any atom is -0.494 e. The van der Waals surface area contributed by atoms with Crippen molar-refractivity contribution in [2.75, 3.05) is 192 Å². The standard InChI is InChI=1S/C73H94Cl2FN7O18S/c1-50-63-51(2)67(75)68(66(50)74)100-59(46-83-20-18-82(3)19-21-83)48-98-58-13-14-60(55(43-58)44-61(73(85)86)101-71-65-64(63)69(102-72(65)80-49-79-71)53-9-11-56(76)12-10-53)99-47-57-15-17-77-70(81-57)54-7-5-52(6-8-54)45-78-62(84)16-22-88-25-26-90-29-30-92-33-34-94-37-38-96-41-42-97-40-39-95-36-35-93-32-31-91-28-27-89-24-23-87-4/h5-15,17,49,55,59,61H,16,18-48H2,1-4H3,(H,78,84)(H,85,86)/t55?,59-,61-/m1/s1. The fraction of sp³-hybridized carbons (Fsp3) is 0.534. The molecule has 6 heterocycles. The Hall–Kier alpha value is -6.61. The van der Waals surface area contributed by atoms with Crippen LogP contribution in [0.3, 0.4) is 0 Å². The summed E-state index contributed by atoms with van der Waals surface area (Å²) in [6.45, 7) is 17.8. The number of likely N-dealkylation sites (N-methyl/N-ethyl adjacent to an activating group) is 1. The van der Waals surface area contributed by atoms with Gasteiger partial charge in [0.25, 0.3) is 0 Å². The molecule has 3 atom stereocenters. The van der Waals surface area contributed by atoms with Gasteiger partial charge in [-0.3, -0.25) is 9.69 Å². The quantitative estimate of drug-likeness (QED) is 0.0337. The van der Waals surface area contributed by atoms with Gasteiger partial charge in [-0.05, 0) is 79.1 Å². The molecule has 1 amide bonds. The van der Waals surface area contributed by atoms with Gasteiger partial charge in [-0.25, -0.2) is 29.1 Å². The zero-order valence-corrected chi connectivity index (χ0v) is 60.8. The number of fused-ring (bicyclic) bond motifs is 7. The van der Waals surface area contributed by atoms with E-state index in [4.69, 9.17) is 99.2 Å². The second-order valence-electron chi connectivity index (χ2n) is 24.2. The number of halogens is 3. The van der Waals surface area contributed by atoms with Gasteiger partial charge >= 0.3 is 5.97 Å². The van der Waals surface area contributed by atoms with Gasteiger partial charge in [0.2, 0.25) is 11.8 Å². The molecule has 1 aliphatic carbocycles. The molecule has 4 bridgehead atoms. The van der Waals surface area contributed by atoms with Crippen molar-refractivity contribution in [1.82, 2.24) is 35.1 Å². The predicted molar refractivity (Wildman–Crippen MR) is 382 cm³/mol. The number of methoxy groups -OCH3 is 1. The van der Waals surface area contributed by atoms with Crippen molar-refractivity contribution in [2.45, 2.75) is 58.5 Å². The van der Waals surface area contributed by atoms with E-state index in [0.29, 0.717) is 217 Å². The van der Waals surface area contributed by atoms with Crippen LogP contribution in [-0.2, 0) is 84.3 Å². The van der Waals surface area contributed by atoms with E-state index in [1.807, 2.05) is 44.2 Å². The van der Waals surface area contributed by atoms with Crippen LogP contribution in [0, 0.1) is 25.6 Å². The molecule has 3 aromatic heterocycles. The Morgan fingerprint density at radius 3 is 1.77 bits per heavy atom. The van der Waals surface area contributed by atoms with E-state index in [2.05, 4.69) is 37.1 Å². The second-order valence-corrected chi connectivity index (χ2v) is 25.9. The third-order valence-electron chi connectivity index (χ3n) is 16.8. The van der Waals surface area contributed by atoms with Gasteiger partial charge in [-0.2, -0.15) is 0 Å². The number of carboxylic acids is 1. The Labute approximate surface area is 609 Å². The highest BCUT2D eigenvalue weighted by molar-refractivity contribution is 7.22. The topological polar surface area (TPSA) is 263 Å². The average Bonchev–Trinajstić information content (AvgIpc) is 1.54. The Bertz CT molecular complexity index is 3580. The third-order valence-corrected chi connectivity index (χ3v) is 18.8. The number of carboxylic acid groups (broad SMARTS) is 1. The van der Waals surface area contributed by atoms with Crippen LogP contribution >= 0.6 is 34.5 Å². The largest absolute Gasteiger partial charge is 0.494 e. The van der Waals surface area contributed by atoms with Crippen molar-refractivity contribution in [3.8, 4) is 44.6 Å². The zero-order valence-electron chi connectivity index (χ0n) is 58.5. The summed E-state index contributed by atoms with van der Waals surface area (Å²) in [6, 6.07) is 15.5. The van der Waals surface area contributed by atoms with Crippen LogP contribution in [0.1, 0.15) is 41.6 Å². The molecule has 556 valence electrons. The summed E-state index contributed by atoms with van der Waals surface area (Å²) in [7, 11) is 3.74. The fourth-order valence-corrected chi connectivity index (χ4v) is 12.9. The molecule has 2 N–H and O–H groups in total. The molecule has 25 nitrogen and oxygen atoms in total. The summed E-state index contributed by atoms with van der Waals surface area (Å²) in [5.41, 5.74) is 5.43. The minimum absolute atomic E-state index is 0.0276. The fourth-order valence-electron chi connectivity index (χ4n) is 11.3. The van der Waals surface area contributed by atoms with Crippen molar-refractivity contribution >= 4 is 56.6 Å². The summed E-state index contributed by atoms with van der Waals surface area (Å²) in [5.74, 6) is -0.455. The van der Waals surface area contributed by atoms with Gasteiger partial charge in [0.05, 0.1) is 166 Å². The monoisotopic (exact) mass is 1480 g/mol. The molecule has 6 aromatic rings. The molecule has 0 spiro atoms. The Balaban J connectivity index is 0.694. The number of aliphatic carboxylic acids is 1.